The van der Waals surface area contributed by atoms with Crippen molar-refractivity contribution in [2.75, 3.05) is 80.3 Å². The van der Waals surface area contributed by atoms with E-state index >= 15 is 17.6 Å². The zero-order chi connectivity index (χ0) is 94.3. The Bertz CT molecular complexity index is 5560. The second-order valence-electron chi connectivity index (χ2n) is 35.4. The molecule has 1 atom stereocenters. The van der Waals surface area contributed by atoms with Crippen molar-refractivity contribution in [1.29, 1.82) is 5.26 Å². The Kier molecular flexibility index (Phi) is 31.2. The van der Waals surface area contributed by atoms with Gasteiger partial charge in [-0.15, -0.1) is 0 Å². The normalized spacial score (nSPS) is 16.1. The lowest BCUT2D eigenvalue weighted by molar-refractivity contribution is -0.137. The van der Waals surface area contributed by atoms with Crippen LogP contribution in [0.1, 0.15) is 190 Å². The third kappa shape index (κ3) is 26.9. The van der Waals surface area contributed by atoms with Crippen molar-refractivity contribution in [3.8, 4) is 6.07 Å². The van der Waals surface area contributed by atoms with Gasteiger partial charge in [-0.3, -0.25) is 9.59 Å². The van der Waals surface area contributed by atoms with Gasteiger partial charge >= 0.3 is 6.18 Å². The summed E-state index contributed by atoms with van der Waals surface area (Å²) in [7, 11) is 0. The van der Waals surface area contributed by atoms with Gasteiger partial charge in [0.1, 0.15) is 25.3 Å². The topological polar surface area (TPSA) is 261 Å². The first kappa shape index (κ1) is 96.6. The average Bonchev–Trinajstić information content (AvgIpc) is 1.60. The molecule has 22 nitrogen and oxygen atoms in total. The molecule has 7 fully saturated rings. The molecule has 1 unspecified atom stereocenters. The van der Waals surface area contributed by atoms with Gasteiger partial charge in [0.2, 0.25) is 35.1 Å². The molecule has 6 aromatic carbocycles. The number of amides is 2. The number of ether oxygens (including phenoxy) is 1. The highest BCUT2D eigenvalue weighted by atomic mass is 19.4. The maximum absolute atomic E-state index is 15.8. The average molecular weight is 1850 g/mol. The summed E-state index contributed by atoms with van der Waals surface area (Å²) in [6, 6.07) is 40.9. The van der Waals surface area contributed by atoms with Gasteiger partial charge in [0.25, 0.3) is 17.8 Å². The van der Waals surface area contributed by atoms with Gasteiger partial charge in [-0.05, 0) is 164 Å². The molecule has 2 amide bonds. The Morgan fingerprint density at radius 3 is 1.10 bits per heavy atom. The molecule has 133 heavy (non-hydrogen) atoms. The lowest BCUT2D eigenvalue weighted by atomic mass is 9.97. The van der Waals surface area contributed by atoms with Crippen LogP contribution in [0.5, 0.6) is 0 Å². The van der Waals surface area contributed by atoms with Gasteiger partial charge in [-0.25, -0.2) is 66.2 Å². The molecule has 7 aliphatic rings. The van der Waals surface area contributed by atoms with Gasteiger partial charge in [0.05, 0.1) is 30.5 Å². The first-order valence-electron chi connectivity index (χ1n) is 45.0. The molecule has 0 spiro atoms. The van der Waals surface area contributed by atoms with E-state index in [4.69, 9.17) is 15.7 Å². The molecule has 6 N–H and O–H groups in total. The van der Waals surface area contributed by atoms with Crippen molar-refractivity contribution in [1.82, 2.24) is 44.8 Å². The van der Waals surface area contributed by atoms with Crippen LogP contribution < -0.4 is 46.6 Å². The molecule has 17 rings (SSSR count). The molecule has 35 heteroatoms. The molecule has 5 aliphatic carbocycles. The highest BCUT2D eigenvalue weighted by molar-refractivity contribution is 5.76. The number of hydrogen-bond acceptors (Lipinski definition) is 20. The highest BCUT2D eigenvalue weighted by Gasteiger charge is 2.46. The van der Waals surface area contributed by atoms with E-state index in [2.05, 4.69) is 67.2 Å². The third-order valence-corrected chi connectivity index (χ3v) is 24.6. The molecule has 5 saturated carbocycles. The van der Waals surface area contributed by atoms with E-state index in [9.17, 15) is 49.1 Å². The van der Waals surface area contributed by atoms with Crippen molar-refractivity contribution >= 4 is 58.4 Å². The van der Waals surface area contributed by atoms with E-state index in [0.29, 0.717) is 64.1 Å². The minimum Gasteiger partial charge on any atom is -0.381 e. The lowest BCUT2D eigenvalue weighted by Crippen LogP contribution is -2.38. The lowest BCUT2D eigenvalue weighted by Gasteiger charge is -2.34. The quantitative estimate of drug-likeness (QED) is 0.0231. The number of nitrogens with zero attached hydrogens (tertiary/aromatic N) is 14. The first-order chi connectivity index (χ1) is 63.7. The van der Waals surface area contributed by atoms with Crippen molar-refractivity contribution in [2.24, 2.45) is 23.5 Å². The van der Waals surface area contributed by atoms with Crippen LogP contribution in [0.4, 0.5) is 104 Å². The number of alkyl halides is 9. The number of benzene rings is 6. The van der Waals surface area contributed by atoms with Crippen LogP contribution in [0.3, 0.4) is 0 Å². The summed E-state index contributed by atoms with van der Waals surface area (Å²) in [5.74, 6) is -8.70. The predicted octanol–water partition coefficient (Wildman–Crippen LogP) is 20.3. The number of piperidine rings is 1. The van der Waals surface area contributed by atoms with Crippen LogP contribution in [-0.2, 0) is 83.8 Å². The summed E-state index contributed by atoms with van der Waals surface area (Å²) in [6.45, 7) is 10.2. The number of aromatic nitrogens is 8. The van der Waals surface area contributed by atoms with Gasteiger partial charge in [-0.2, -0.15) is 36.0 Å². The fraction of sp³-hybridized carbons (Fsp3) is 0.439. The number of nitrogens with one attached hydrogen (secondary N) is 4. The maximum Gasteiger partial charge on any atom is 0.416 e. The van der Waals surface area contributed by atoms with Gasteiger partial charge < -0.3 is 56.2 Å². The standard InChI is InChI=1S/C27H27F4N5O.C25H24F3N5.C24H30F3N5O.C22H27F3N4O/c28-23-25(33-14-17-3-1-16(2-4-17)13-22(32)37)34-15-35-26(23)36(21-11-12-21)24(18-5-6-18)19-7-9-20(10-8-19)27(29,30)31;1-25(27,28)20-8-6-19(7-9-20)15-33(21-10-11-21)24-22(26)23(31-16-32-24)30-14-18-4-2-17(3-5-18)12-13-29;1-16(33)31-11-9-17(10-12-31)13-28-22-21(25)23(30-15-29-22)32(20-7-8-20)14-18-3-5-19(6-4-18)24(2,26)27;1-22(24,25)17-4-2-16(3-5-17)13-29(18-6-7-18)21-19(23)20(27-14-28-21)26-12-15-8-10-30-11-9-15/h1-4,7-10,15,18,21,24H,5-6,11-14H2,(H2,32,37)(H,33,34,35);2-9,16,21H,10-12,14-15H2,1H3,(H,30,31,32);3-6,15,17,20H,7-14H2,1-2H3,(H,28,29,30);2-5,14-15,18H,6-13H2,1H3,(H,26,27,28). The zero-order valence-corrected chi connectivity index (χ0v) is 74.4. The number of hydrogen-bond donors (Lipinski definition) is 5. The van der Waals surface area contributed by atoms with Crippen LogP contribution in [0.25, 0.3) is 0 Å². The predicted molar refractivity (Wildman–Crippen MR) is 481 cm³/mol. The summed E-state index contributed by atoms with van der Waals surface area (Å²) < 4.78 is 187. The summed E-state index contributed by atoms with van der Waals surface area (Å²) in [5.41, 5.74) is 11.1. The van der Waals surface area contributed by atoms with Crippen molar-refractivity contribution < 1.29 is 71.4 Å². The molecule has 2 saturated heterocycles. The molecule has 0 bridgehead atoms. The Balaban J connectivity index is 0.000000143. The van der Waals surface area contributed by atoms with Crippen LogP contribution in [0, 0.1) is 52.4 Å². The highest BCUT2D eigenvalue weighted by Crippen LogP contribution is 2.51. The minimum atomic E-state index is -4.41. The number of nitrogens with two attached hydrogens (primary N) is 1. The monoisotopic (exact) mass is 1850 g/mol. The molecule has 704 valence electrons. The largest absolute Gasteiger partial charge is 0.416 e. The van der Waals surface area contributed by atoms with Crippen molar-refractivity contribution in [3.63, 3.8) is 0 Å². The summed E-state index contributed by atoms with van der Waals surface area (Å²) in [5, 5.41) is 21.1. The zero-order valence-electron chi connectivity index (χ0n) is 74.4. The smallest absolute Gasteiger partial charge is 0.381 e. The van der Waals surface area contributed by atoms with E-state index in [1.807, 2.05) is 60.9 Å². The number of primary amides is 1. The number of likely N-dealkylation sites (tertiary alicyclic amines) is 1. The molecular weight excluding hydrogens is 1740 g/mol. The number of nitriles is 1. The fourth-order valence-electron chi connectivity index (χ4n) is 16.2. The van der Waals surface area contributed by atoms with Crippen LogP contribution in [-0.4, -0.2) is 120 Å². The van der Waals surface area contributed by atoms with E-state index in [1.54, 1.807) is 55.5 Å². The summed E-state index contributed by atoms with van der Waals surface area (Å²) in [4.78, 5) is 65.3. The molecule has 10 aromatic rings. The van der Waals surface area contributed by atoms with Crippen molar-refractivity contribution in [3.05, 3.63) is 261 Å². The molecule has 2 aliphatic heterocycles. The second kappa shape index (κ2) is 43.0. The Morgan fingerprint density at radius 1 is 0.429 bits per heavy atom. The van der Waals surface area contributed by atoms with Gasteiger partial charge in [0, 0.05) is 141 Å². The fourth-order valence-corrected chi connectivity index (χ4v) is 16.2. The van der Waals surface area contributed by atoms with E-state index in [-0.39, 0.29) is 112 Å². The van der Waals surface area contributed by atoms with Crippen LogP contribution >= 0.6 is 0 Å². The second-order valence-corrected chi connectivity index (χ2v) is 35.4. The van der Waals surface area contributed by atoms with E-state index in [0.717, 1.165) is 194 Å². The molecular formula is C98H108F13N19O3. The number of rotatable bonds is 35. The number of carbonyl (C=O) groups excluding carboxylic acids is 2. The third-order valence-electron chi connectivity index (χ3n) is 24.6. The van der Waals surface area contributed by atoms with Crippen molar-refractivity contribution in [2.45, 2.75) is 217 Å². The molecule has 0 radical (unpaired) electrons. The Morgan fingerprint density at radius 2 is 0.759 bits per heavy atom. The number of halogens is 13. The molecule has 4 aromatic heterocycles. The summed E-state index contributed by atoms with van der Waals surface area (Å²) >= 11 is 0. The number of carbonyl (C=O) groups is 2. The van der Waals surface area contributed by atoms with Crippen LogP contribution in [0.15, 0.2) is 171 Å². The maximum atomic E-state index is 15.8. The first-order valence-corrected chi connectivity index (χ1v) is 45.0. The van der Waals surface area contributed by atoms with E-state index < -0.39 is 58.7 Å². The minimum absolute atomic E-state index is 0.0305. The Hall–Kier alpha value is -12.5. The Labute approximate surface area is 764 Å². The summed E-state index contributed by atoms with van der Waals surface area (Å²) in [6.07, 6.45) is 14.3. The van der Waals surface area contributed by atoms with Gasteiger partial charge in [0.15, 0.2) is 46.5 Å². The van der Waals surface area contributed by atoms with E-state index in [1.165, 1.54) is 73.8 Å². The van der Waals surface area contributed by atoms with Crippen LogP contribution in [0.2, 0.25) is 0 Å². The SMILES string of the molecule is CC(=O)N1CCC(CNc2ncnc(N(Cc3ccc(C(C)(F)F)cc3)C3CC3)c2F)CC1.CC(F)(F)c1ccc(CN(c2ncnc(NCC3CCOCC3)c2F)C2CC2)cc1.CC(F)(F)c1ccc(CN(c2ncnc(NCc3ccc(CC#N)cc3)c2F)C2CC2)cc1.NC(=O)Cc1ccc(CNc2ncnc(N(C3CC3)C(c3ccc(C(F)(F)F)cc3)C3CC3)c2F)cc1. The molecule has 6 heterocycles. The van der Waals surface area contributed by atoms with Gasteiger partial charge in [-0.1, -0.05) is 133 Å². The number of anilines is 8.